The highest BCUT2D eigenvalue weighted by atomic mass is 16.5. The first kappa shape index (κ1) is 24.5. The van der Waals surface area contributed by atoms with Crippen LogP contribution in [0.1, 0.15) is 21.6 Å². The molecule has 2 N–H and O–H groups in total. The van der Waals surface area contributed by atoms with Crippen molar-refractivity contribution in [3.05, 3.63) is 143 Å². The molecule has 38 heavy (non-hydrogen) atoms. The van der Waals surface area contributed by atoms with Gasteiger partial charge in [0.1, 0.15) is 5.75 Å². The lowest BCUT2D eigenvalue weighted by Crippen LogP contribution is -2.26. The number of nitrogens with zero attached hydrogens (tertiary/aromatic N) is 3. The van der Waals surface area contributed by atoms with Crippen LogP contribution < -0.4 is 20.9 Å². The summed E-state index contributed by atoms with van der Waals surface area (Å²) < 4.78 is 7.38. The molecule has 0 spiro atoms. The maximum absolute atomic E-state index is 13.5. The maximum atomic E-state index is 13.5. The number of amides is 1. The molecule has 0 fully saturated rings. The molecule has 8 nitrogen and oxygen atoms in total. The van der Waals surface area contributed by atoms with Crippen molar-refractivity contribution in [2.24, 2.45) is 0 Å². The maximum Gasteiger partial charge on any atom is 0.294 e. The van der Waals surface area contributed by atoms with E-state index in [4.69, 9.17) is 4.74 Å². The average molecular weight is 504 g/mol. The zero-order valence-corrected chi connectivity index (χ0v) is 20.5. The van der Waals surface area contributed by atoms with Gasteiger partial charge in [-0.25, -0.2) is 4.68 Å². The molecule has 0 aliphatic carbocycles. The standard InChI is InChI=1S/C30H25N5O3/c36-29(32-19-25-11-7-8-18-31-25)23-14-16-24(17-15-23)34-28-27(38-26-12-5-2-6-13-26)20-33-35(30(28)37)21-22-9-3-1-4-10-22/h1-18,20,34H,19,21H2,(H,32,36). The minimum Gasteiger partial charge on any atom is -0.453 e. The van der Waals surface area contributed by atoms with E-state index in [2.05, 4.69) is 20.7 Å². The van der Waals surface area contributed by atoms with E-state index in [1.807, 2.05) is 66.7 Å². The first-order valence-electron chi connectivity index (χ1n) is 12.1. The number of para-hydroxylation sites is 1. The third-order valence-corrected chi connectivity index (χ3v) is 5.73. The number of carbonyl (C=O) groups is 1. The SMILES string of the molecule is O=C(NCc1ccccn1)c1ccc(Nc2c(Oc3ccccc3)cnn(Cc3ccccc3)c2=O)cc1. The Bertz CT molecular complexity index is 1560. The lowest BCUT2D eigenvalue weighted by atomic mass is 10.2. The Kier molecular flexibility index (Phi) is 7.51. The Morgan fingerprint density at radius 1 is 0.842 bits per heavy atom. The highest BCUT2D eigenvalue weighted by Crippen LogP contribution is 2.28. The fourth-order valence-electron chi connectivity index (χ4n) is 3.78. The molecule has 0 unspecified atom stereocenters. The number of benzene rings is 3. The molecule has 5 rings (SSSR count). The van der Waals surface area contributed by atoms with E-state index in [0.717, 1.165) is 11.3 Å². The van der Waals surface area contributed by atoms with E-state index in [9.17, 15) is 9.59 Å². The Morgan fingerprint density at radius 3 is 2.26 bits per heavy atom. The van der Waals surface area contributed by atoms with Gasteiger partial charge in [-0.3, -0.25) is 14.6 Å². The van der Waals surface area contributed by atoms with Gasteiger partial charge in [0.2, 0.25) is 0 Å². The van der Waals surface area contributed by atoms with Crippen molar-refractivity contribution in [3.8, 4) is 11.5 Å². The number of aromatic nitrogens is 3. The molecule has 2 aromatic heterocycles. The van der Waals surface area contributed by atoms with Crippen LogP contribution in [0.3, 0.4) is 0 Å². The molecule has 2 heterocycles. The minimum absolute atomic E-state index is 0.218. The number of pyridine rings is 1. The zero-order chi connectivity index (χ0) is 26.2. The summed E-state index contributed by atoms with van der Waals surface area (Å²) >= 11 is 0. The number of rotatable bonds is 9. The fraction of sp³-hybridized carbons (Fsp3) is 0.0667. The average Bonchev–Trinajstić information content (AvgIpc) is 2.97. The molecule has 0 aliphatic heterocycles. The molecule has 8 heteroatoms. The Balaban J connectivity index is 1.37. The van der Waals surface area contributed by atoms with Crippen molar-refractivity contribution in [3.63, 3.8) is 0 Å². The lowest BCUT2D eigenvalue weighted by molar-refractivity contribution is 0.0950. The molecule has 5 aromatic rings. The van der Waals surface area contributed by atoms with Gasteiger partial charge >= 0.3 is 0 Å². The Labute approximate surface area is 219 Å². The van der Waals surface area contributed by atoms with Gasteiger partial charge in [0.15, 0.2) is 11.4 Å². The van der Waals surface area contributed by atoms with Gasteiger partial charge in [0.05, 0.1) is 25.0 Å². The summed E-state index contributed by atoms with van der Waals surface area (Å²) in [4.78, 5) is 30.3. The minimum atomic E-state index is -0.334. The van der Waals surface area contributed by atoms with E-state index < -0.39 is 0 Å². The van der Waals surface area contributed by atoms with Crippen LogP contribution in [-0.4, -0.2) is 20.7 Å². The molecule has 1 amide bonds. The molecule has 0 radical (unpaired) electrons. The van der Waals surface area contributed by atoms with Crippen molar-refractivity contribution in [2.45, 2.75) is 13.1 Å². The Hall–Kier alpha value is -5.24. The van der Waals surface area contributed by atoms with Crippen molar-refractivity contribution >= 4 is 17.3 Å². The first-order chi connectivity index (χ1) is 18.7. The number of carbonyl (C=O) groups excluding carboxylic acids is 1. The predicted molar refractivity (Wildman–Crippen MR) is 146 cm³/mol. The van der Waals surface area contributed by atoms with Crippen LogP contribution in [0.15, 0.2) is 120 Å². The monoisotopic (exact) mass is 503 g/mol. The van der Waals surface area contributed by atoms with Crippen LogP contribution in [0.25, 0.3) is 0 Å². The summed E-state index contributed by atoms with van der Waals surface area (Å²) in [5.74, 6) is 0.657. The van der Waals surface area contributed by atoms with E-state index in [1.165, 1.54) is 10.9 Å². The number of nitrogens with one attached hydrogen (secondary N) is 2. The van der Waals surface area contributed by atoms with Crippen LogP contribution in [0.2, 0.25) is 0 Å². The lowest BCUT2D eigenvalue weighted by Gasteiger charge is -2.15. The highest BCUT2D eigenvalue weighted by molar-refractivity contribution is 5.94. The van der Waals surface area contributed by atoms with Crippen LogP contribution in [-0.2, 0) is 13.1 Å². The molecular weight excluding hydrogens is 478 g/mol. The number of anilines is 2. The number of hydrogen-bond donors (Lipinski definition) is 2. The van der Waals surface area contributed by atoms with E-state index >= 15 is 0 Å². The van der Waals surface area contributed by atoms with Gasteiger partial charge in [0, 0.05) is 17.4 Å². The van der Waals surface area contributed by atoms with Crippen molar-refractivity contribution in [2.75, 3.05) is 5.32 Å². The van der Waals surface area contributed by atoms with Crippen molar-refractivity contribution in [1.82, 2.24) is 20.1 Å². The predicted octanol–water partition coefficient (Wildman–Crippen LogP) is 5.15. The molecule has 0 saturated heterocycles. The largest absolute Gasteiger partial charge is 0.453 e. The summed E-state index contributed by atoms with van der Waals surface area (Å²) in [5, 5.41) is 10.4. The summed E-state index contributed by atoms with van der Waals surface area (Å²) in [6, 6.07) is 31.2. The fourth-order valence-corrected chi connectivity index (χ4v) is 3.78. The van der Waals surface area contributed by atoms with Gasteiger partial charge in [-0.05, 0) is 54.1 Å². The third-order valence-electron chi connectivity index (χ3n) is 5.73. The van der Waals surface area contributed by atoms with Crippen LogP contribution in [0.4, 0.5) is 11.4 Å². The van der Waals surface area contributed by atoms with Gasteiger partial charge < -0.3 is 15.4 Å². The summed E-state index contributed by atoms with van der Waals surface area (Å²) in [5.41, 5.74) is 2.74. The normalized spacial score (nSPS) is 10.5. The molecule has 3 aromatic carbocycles. The first-order valence-corrected chi connectivity index (χ1v) is 12.1. The van der Waals surface area contributed by atoms with Crippen molar-refractivity contribution < 1.29 is 9.53 Å². The molecule has 0 aliphatic rings. The molecule has 0 atom stereocenters. The summed E-state index contributed by atoms with van der Waals surface area (Å²) in [7, 11) is 0. The molecule has 0 saturated carbocycles. The third kappa shape index (κ3) is 6.11. The van der Waals surface area contributed by atoms with Crippen LogP contribution in [0, 0.1) is 0 Å². The number of ether oxygens (including phenoxy) is 1. The van der Waals surface area contributed by atoms with E-state index in [-0.39, 0.29) is 17.2 Å². The van der Waals surface area contributed by atoms with Crippen LogP contribution >= 0.6 is 0 Å². The summed E-state index contributed by atoms with van der Waals surface area (Å²) in [6.45, 7) is 0.646. The van der Waals surface area contributed by atoms with Crippen molar-refractivity contribution in [1.29, 1.82) is 0 Å². The number of hydrogen-bond acceptors (Lipinski definition) is 6. The van der Waals surface area contributed by atoms with E-state index in [0.29, 0.717) is 35.8 Å². The topological polar surface area (TPSA) is 98.1 Å². The summed E-state index contributed by atoms with van der Waals surface area (Å²) in [6.07, 6.45) is 3.21. The van der Waals surface area contributed by atoms with Gasteiger partial charge in [-0.15, -0.1) is 0 Å². The second-order valence-electron chi connectivity index (χ2n) is 8.45. The highest BCUT2D eigenvalue weighted by Gasteiger charge is 2.15. The second-order valence-corrected chi connectivity index (χ2v) is 8.45. The quantitative estimate of drug-likeness (QED) is 0.289. The van der Waals surface area contributed by atoms with Gasteiger partial charge in [-0.1, -0.05) is 54.6 Å². The molecular formula is C30H25N5O3. The van der Waals surface area contributed by atoms with Crippen LogP contribution in [0.5, 0.6) is 11.5 Å². The smallest absolute Gasteiger partial charge is 0.294 e. The van der Waals surface area contributed by atoms with E-state index in [1.54, 1.807) is 42.6 Å². The Morgan fingerprint density at radius 2 is 1.55 bits per heavy atom. The second kappa shape index (κ2) is 11.7. The zero-order valence-electron chi connectivity index (χ0n) is 20.5. The molecule has 0 bridgehead atoms. The van der Waals surface area contributed by atoms with Gasteiger partial charge in [-0.2, -0.15) is 5.10 Å². The van der Waals surface area contributed by atoms with Gasteiger partial charge in [0.25, 0.3) is 11.5 Å². The molecule has 188 valence electrons.